The quantitative estimate of drug-likeness (QED) is 0.856. The van der Waals surface area contributed by atoms with E-state index in [1.165, 1.54) is 0 Å². The maximum absolute atomic E-state index is 12.7. The van der Waals surface area contributed by atoms with Crippen LogP contribution in [0, 0.1) is 0 Å². The topological polar surface area (TPSA) is 38.8 Å². The molecule has 1 amide bonds. The molecule has 0 fully saturated rings. The maximum atomic E-state index is 12.7. The van der Waals surface area contributed by atoms with Gasteiger partial charge in [0.05, 0.1) is 10.6 Å². The Morgan fingerprint density at radius 2 is 1.91 bits per heavy atom. The van der Waals surface area contributed by atoms with Gasteiger partial charge in [0.25, 0.3) is 5.91 Å². The lowest BCUT2D eigenvalue weighted by Crippen LogP contribution is -2.31. The number of amides is 1. The van der Waals surface area contributed by atoms with Gasteiger partial charge in [-0.25, -0.2) is 0 Å². The molecular formula is C18H18ClNO3. The number of fused-ring (bicyclic) bond motifs is 1. The number of ether oxygens (including phenoxy) is 2. The van der Waals surface area contributed by atoms with E-state index in [0.29, 0.717) is 36.9 Å². The van der Waals surface area contributed by atoms with Gasteiger partial charge < -0.3 is 14.4 Å². The van der Waals surface area contributed by atoms with Crippen LogP contribution in [0.25, 0.3) is 0 Å². The first kappa shape index (κ1) is 15.7. The van der Waals surface area contributed by atoms with Gasteiger partial charge in [0.15, 0.2) is 11.5 Å². The van der Waals surface area contributed by atoms with Crippen LogP contribution in [0.15, 0.2) is 42.5 Å². The van der Waals surface area contributed by atoms with Crippen LogP contribution in [0.1, 0.15) is 22.8 Å². The highest BCUT2D eigenvalue weighted by molar-refractivity contribution is 6.33. The molecule has 2 aromatic rings. The van der Waals surface area contributed by atoms with Crippen LogP contribution in [0.5, 0.6) is 11.5 Å². The number of para-hydroxylation sites is 1. The van der Waals surface area contributed by atoms with Crippen molar-refractivity contribution in [3.63, 3.8) is 0 Å². The Morgan fingerprint density at radius 3 is 2.70 bits per heavy atom. The van der Waals surface area contributed by atoms with Crippen LogP contribution in [-0.2, 0) is 6.54 Å². The third kappa shape index (κ3) is 3.27. The van der Waals surface area contributed by atoms with Crippen molar-refractivity contribution in [2.24, 2.45) is 0 Å². The summed E-state index contributed by atoms with van der Waals surface area (Å²) in [6, 6.07) is 12.8. The zero-order valence-corrected chi connectivity index (χ0v) is 13.7. The number of carbonyl (C=O) groups is 1. The van der Waals surface area contributed by atoms with Crippen molar-refractivity contribution < 1.29 is 14.3 Å². The summed E-state index contributed by atoms with van der Waals surface area (Å²) in [5, 5.41) is 0.464. The zero-order valence-electron chi connectivity index (χ0n) is 12.9. The minimum atomic E-state index is -0.0903. The van der Waals surface area contributed by atoms with Gasteiger partial charge in [-0.15, -0.1) is 0 Å². The molecule has 3 rings (SSSR count). The lowest BCUT2D eigenvalue weighted by molar-refractivity contribution is 0.0749. The van der Waals surface area contributed by atoms with Gasteiger partial charge >= 0.3 is 0 Å². The third-order valence-electron chi connectivity index (χ3n) is 3.78. The first-order chi connectivity index (χ1) is 11.2. The van der Waals surface area contributed by atoms with Crippen molar-refractivity contribution in [3.8, 4) is 11.5 Å². The highest BCUT2D eigenvalue weighted by Crippen LogP contribution is 2.34. The number of rotatable bonds is 4. The zero-order chi connectivity index (χ0) is 16.2. The molecule has 1 heterocycles. The monoisotopic (exact) mass is 331 g/mol. The molecule has 0 saturated heterocycles. The van der Waals surface area contributed by atoms with Crippen LogP contribution >= 0.6 is 11.6 Å². The van der Waals surface area contributed by atoms with E-state index in [1.54, 1.807) is 17.0 Å². The highest BCUT2D eigenvalue weighted by Gasteiger charge is 2.21. The van der Waals surface area contributed by atoms with Crippen molar-refractivity contribution in [1.82, 2.24) is 4.90 Å². The minimum Gasteiger partial charge on any atom is -0.486 e. The highest BCUT2D eigenvalue weighted by atomic mass is 35.5. The fourth-order valence-corrected chi connectivity index (χ4v) is 2.81. The standard InChI is InChI=1S/C18H18ClNO3/c1-2-20(18(21)14-7-3-4-8-15(14)19)12-13-6-5-9-16-17(13)23-11-10-22-16/h3-9H,2,10-12H2,1H3. The number of benzene rings is 2. The molecule has 1 aliphatic rings. The van der Waals surface area contributed by atoms with Gasteiger partial charge in [-0.2, -0.15) is 0 Å². The van der Waals surface area contributed by atoms with E-state index in [-0.39, 0.29) is 5.91 Å². The molecule has 4 nitrogen and oxygen atoms in total. The van der Waals surface area contributed by atoms with Crippen LogP contribution < -0.4 is 9.47 Å². The molecule has 120 valence electrons. The summed E-state index contributed by atoms with van der Waals surface area (Å²) < 4.78 is 11.3. The van der Waals surface area contributed by atoms with Crippen molar-refractivity contribution >= 4 is 17.5 Å². The Bertz CT molecular complexity index is 717. The summed E-state index contributed by atoms with van der Waals surface area (Å²) in [5.74, 6) is 1.37. The molecule has 23 heavy (non-hydrogen) atoms. The Kier molecular flexibility index (Phi) is 4.72. The SMILES string of the molecule is CCN(Cc1cccc2c1OCCO2)C(=O)c1ccccc1Cl. The number of hydrogen-bond acceptors (Lipinski definition) is 3. The van der Waals surface area contributed by atoms with Gasteiger partial charge in [-0.1, -0.05) is 35.9 Å². The normalized spacial score (nSPS) is 12.8. The van der Waals surface area contributed by atoms with E-state index in [1.807, 2.05) is 37.3 Å². The molecule has 5 heteroatoms. The number of hydrogen-bond donors (Lipinski definition) is 0. The summed E-state index contributed by atoms with van der Waals surface area (Å²) in [4.78, 5) is 14.5. The second kappa shape index (κ2) is 6.92. The lowest BCUT2D eigenvalue weighted by Gasteiger charge is -2.25. The summed E-state index contributed by atoms with van der Waals surface area (Å²) >= 11 is 6.15. The van der Waals surface area contributed by atoms with E-state index >= 15 is 0 Å². The Morgan fingerprint density at radius 1 is 1.13 bits per heavy atom. The Labute approximate surface area is 140 Å². The molecule has 0 aromatic heterocycles. The molecule has 2 aromatic carbocycles. The molecule has 0 unspecified atom stereocenters. The average molecular weight is 332 g/mol. The molecule has 0 atom stereocenters. The summed E-state index contributed by atoms with van der Waals surface area (Å²) in [6.45, 7) is 4.05. The molecule has 0 N–H and O–H groups in total. The second-order valence-electron chi connectivity index (χ2n) is 5.24. The number of nitrogens with zero attached hydrogens (tertiary/aromatic N) is 1. The molecule has 0 aliphatic carbocycles. The van der Waals surface area contributed by atoms with Crippen LogP contribution in [0.4, 0.5) is 0 Å². The predicted molar refractivity (Wildman–Crippen MR) is 89.3 cm³/mol. The van der Waals surface area contributed by atoms with E-state index < -0.39 is 0 Å². The van der Waals surface area contributed by atoms with Gasteiger partial charge in [-0.3, -0.25) is 4.79 Å². The second-order valence-corrected chi connectivity index (χ2v) is 5.65. The Hall–Kier alpha value is -2.20. The predicted octanol–water partition coefficient (Wildman–Crippen LogP) is 3.77. The molecule has 0 saturated carbocycles. The molecule has 0 bridgehead atoms. The average Bonchev–Trinajstić information content (AvgIpc) is 2.59. The van der Waals surface area contributed by atoms with Crippen molar-refractivity contribution in [2.45, 2.75) is 13.5 Å². The van der Waals surface area contributed by atoms with Crippen LogP contribution in [-0.4, -0.2) is 30.6 Å². The van der Waals surface area contributed by atoms with Gasteiger partial charge in [-0.05, 0) is 25.1 Å². The van der Waals surface area contributed by atoms with E-state index in [2.05, 4.69) is 0 Å². The van der Waals surface area contributed by atoms with Crippen molar-refractivity contribution in [3.05, 3.63) is 58.6 Å². The summed E-state index contributed by atoms with van der Waals surface area (Å²) in [7, 11) is 0. The third-order valence-corrected chi connectivity index (χ3v) is 4.11. The van der Waals surface area contributed by atoms with Crippen molar-refractivity contribution in [2.75, 3.05) is 19.8 Å². The largest absolute Gasteiger partial charge is 0.486 e. The van der Waals surface area contributed by atoms with Gasteiger partial charge in [0.2, 0.25) is 0 Å². The molecule has 0 radical (unpaired) electrons. The van der Waals surface area contributed by atoms with Crippen LogP contribution in [0.2, 0.25) is 5.02 Å². The van der Waals surface area contributed by atoms with Gasteiger partial charge in [0, 0.05) is 18.7 Å². The van der Waals surface area contributed by atoms with E-state index in [9.17, 15) is 4.79 Å². The first-order valence-electron chi connectivity index (χ1n) is 7.62. The maximum Gasteiger partial charge on any atom is 0.255 e. The number of carbonyl (C=O) groups excluding carboxylic acids is 1. The number of halogens is 1. The smallest absolute Gasteiger partial charge is 0.255 e. The fourth-order valence-electron chi connectivity index (χ4n) is 2.60. The molecular weight excluding hydrogens is 314 g/mol. The lowest BCUT2D eigenvalue weighted by atomic mass is 10.1. The Balaban J connectivity index is 1.86. The fraction of sp³-hybridized carbons (Fsp3) is 0.278. The van der Waals surface area contributed by atoms with E-state index in [0.717, 1.165) is 17.1 Å². The summed E-state index contributed by atoms with van der Waals surface area (Å²) in [6.07, 6.45) is 0. The summed E-state index contributed by atoms with van der Waals surface area (Å²) in [5.41, 5.74) is 1.45. The molecule has 1 aliphatic heterocycles. The van der Waals surface area contributed by atoms with E-state index in [4.69, 9.17) is 21.1 Å². The first-order valence-corrected chi connectivity index (χ1v) is 7.99. The minimum absolute atomic E-state index is 0.0903. The van der Waals surface area contributed by atoms with Crippen molar-refractivity contribution in [1.29, 1.82) is 0 Å². The molecule has 0 spiro atoms. The van der Waals surface area contributed by atoms with Gasteiger partial charge in [0.1, 0.15) is 13.2 Å². The van der Waals surface area contributed by atoms with Crippen LogP contribution in [0.3, 0.4) is 0 Å².